The standard InChI is InChI=1S/C13H22N3O4PS/c1-10(2)8-21(19,20)9-11(13(17)18)5-3-4-6-22-12-7-14-16-15-12/h5,7,10H,3-4,6,8-9H2,1-2H3,(H,17,18)(H,19,20)(H,14,15,16)/b11-5+. The molecule has 3 N–H and O–H groups in total. The third-order valence-corrected chi connectivity index (χ3v) is 5.85. The van der Waals surface area contributed by atoms with Crippen molar-refractivity contribution in [2.45, 2.75) is 31.7 Å². The zero-order valence-corrected chi connectivity index (χ0v) is 14.4. The van der Waals surface area contributed by atoms with Crippen molar-refractivity contribution < 1.29 is 19.4 Å². The molecular weight excluding hydrogens is 325 g/mol. The molecule has 0 aromatic carbocycles. The van der Waals surface area contributed by atoms with Gasteiger partial charge in [-0.25, -0.2) is 4.79 Å². The third kappa shape index (κ3) is 7.77. The van der Waals surface area contributed by atoms with Gasteiger partial charge < -0.3 is 10.00 Å². The van der Waals surface area contributed by atoms with Crippen LogP contribution in [-0.4, -0.2) is 49.5 Å². The van der Waals surface area contributed by atoms with Crippen LogP contribution in [0.2, 0.25) is 0 Å². The van der Waals surface area contributed by atoms with Gasteiger partial charge in [-0.3, -0.25) is 9.66 Å². The normalized spacial score (nSPS) is 15.0. The smallest absolute Gasteiger partial charge is 0.331 e. The van der Waals surface area contributed by atoms with Gasteiger partial charge in [-0.05, 0) is 24.5 Å². The molecule has 22 heavy (non-hydrogen) atoms. The summed E-state index contributed by atoms with van der Waals surface area (Å²) in [5.74, 6) is -0.287. The molecule has 0 amide bonds. The number of H-pyrrole nitrogens is 1. The van der Waals surface area contributed by atoms with Gasteiger partial charge in [0.15, 0.2) is 0 Å². The molecule has 0 bridgehead atoms. The molecule has 0 saturated carbocycles. The summed E-state index contributed by atoms with van der Waals surface area (Å²) in [6.45, 7) is 3.68. The summed E-state index contributed by atoms with van der Waals surface area (Å²) in [7, 11) is -3.43. The quantitative estimate of drug-likeness (QED) is 0.258. The van der Waals surface area contributed by atoms with Crippen LogP contribution in [0.3, 0.4) is 0 Å². The molecular formula is C13H22N3O4PS. The molecule has 0 fully saturated rings. The topological polar surface area (TPSA) is 116 Å². The molecule has 1 atom stereocenters. The highest BCUT2D eigenvalue weighted by atomic mass is 32.2. The predicted octanol–water partition coefficient (Wildman–Crippen LogP) is 2.61. The molecule has 1 unspecified atom stereocenters. The van der Waals surface area contributed by atoms with E-state index in [0.29, 0.717) is 6.42 Å². The Morgan fingerprint density at radius 3 is 2.82 bits per heavy atom. The second kappa shape index (κ2) is 9.12. The number of aromatic nitrogens is 3. The molecule has 9 heteroatoms. The average molecular weight is 347 g/mol. The first-order valence-electron chi connectivity index (χ1n) is 7.02. The lowest BCUT2D eigenvalue weighted by atomic mass is 10.2. The molecule has 124 valence electrons. The number of aliphatic carboxylic acids is 1. The van der Waals surface area contributed by atoms with Crippen LogP contribution < -0.4 is 0 Å². The summed E-state index contributed by atoms with van der Waals surface area (Å²) < 4.78 is 12.0. The summed E-state index contributed by atoms with van der Waals surface area (Å²) in [6, 6.07) is 0. The van der Waals surface area contributed by atoms with E-state index in [-0.39, 0.29) is 23.8 Å². The number of nitrogens with one attached hydrogen (secondary N) is 1. The summed E-state index contributed by atoms with van der Waals surface area (Å²) >= 11 is 1.52. The lowest BCUT2D eigenvalue weighted by Crippen LogP contribution is -2.09. The molecule has 0 aliphatic rings. The van der Waals surface area contributed by atoms with Gasteiger partial charge in [0.25, 0.3) is 0 Å². The fourth-order valence-electron chi connectivity index (χ4n) is 1.92. The molecule has 0 spiro atoms. The van der Waals surface area contributed by atoms with E-state index in [2.05, 4.69) is 15.4 Å². The van der Waals surface area contributed by atoms with Gasteiger partial charge in [0, 0.05) is 11.7 Å². The Labute approximate surface area is 134 Å². The van der Waals surface area contributed by atoms with Crippen LogP contribution in [0.25, 0.3) is 0 Å². The monoisotopic (exact) mass is 347 g/mol. The molecule has 0 aliphatic heterocycles. The predicted molar refractivity (Wildman–Crippen MR) is 86.5 cm³/mol. The Kier molecular flexibility index (Phi) is 7.85. The Hall–Kier alpha value is -1.11. The van der Waals surface area contributed by atoms with E-state index in [1.54, 1.807) is 12.3 Å². The van der Waals surface area contributed by atoms with E-state index in [1.165, 1.54) is 11.8 Å². The Morgan fingerprint density at radius 1 is 1.55 bits per heavy atom. The largest absolute Gasteiger partial charge is 0.478 e. The molecule has 0 saturated heterocycles. The molecule has 0 aliphatic carbocycles. The zero-order chi connectivity index (χ0) is 16.6. The van der Waals surface area contributed by atoms with Gasteiger partial charge in [-0.1, -0.05) is 25.1 Å². The van der Waals surface area contributed by atoms with Gasteiger partial charge >= 0.3 is 5.97 Å². The highest BCUT2D eigenvalue weighted by Gasteiger charge is 2.24. The Balaban J connectivity index is 2.45. The van der Waals surface area contributed by atoms with E-state index in [1.807, 2.05) is 13.8 Å². The first-order chi connectivity index (χ1) is 10.3. The van der Waals surface area contributed by atoms with Crippen molar-refractivity contribution in [2.24, 2.45) is 5.92 Å². The second-order valence-corrected chi connectivity index (χ2v) is 8.91. The van der Waals surface area contributed by atoms with Gasteiger partial charge in [-0.15, -0.1) is 16.9 Å². The number of aromatic amines is 1. The minimum Gasteiger partial charge on any atom is -0.478 e. The van der Waals surface area contributed by atoms with Gasteiger partial charge in [-0.2, -0.15) is 0 Å². The summed E-state index contributed by atoms with van der Waals surface area (Å²) in [4.78, 5) is 21.0. The fourth-order valence-corrected chi connectivity index (χ4v) is 4.74. The molecule has 0 radical (unpaired) electrons. The number of hydrogen-bond donors (Lipinski definition) is 3. The van der Waals surface area contributed by atoms with Gasteiger partial charge in [0.05, 0.1) is 12.4 Å². The lowest BCUT2D eigenvalue weighted by molar-refractivity contribution is -0.132. The minimum absolute atomic E-state index is 0.0259. The van der Waals surface area contributed by atoms with Crippen LogP contribution in [0.1, 0.15) is 26.7 Å². The van der Waals surface area contributed by atoms with E-state index >= 15 is 0 Å². The number of unbranched alkanes of at least 4 members (excludes halogenated alkanes) is 1. The molecule has 7 nitrogen and oxygen atoms in total. The van der Waals surface area contributed by atoms with Crippen LogP contribution in [-0.2, 0) is 9.36 Å². The maximum Gasteiger partial charge on any atom is 0.331 e. The summed E-state index contributed by atoms with van der Waals surface area (Å²) in [5, 5.41) is 20.0. The van der Waals surface area contributed by atoms with Crippen LogP contribution in [0.15, 0.2) is 22.9 Å². The SMILES string of the molecule is CC(C)CP(=O)(O)C/C(=C\CCCSc1c[nH]nn1)C(=O)O. The number of hydrogen-bond acceptors (Lipinski definition) is 5. The third-order valence-electron chi connectivity index (χ3n) is 2.73. The van der Waals surface area contributed by atoms with Crippen molar-refractivity contribution in [1.29, 1.82) is 0 Å². The van der Waals surface area contributed by atoms with E-state index < -0.39 is 13.3 Å². The van der Waals surface area contributed by atoms with Crippen LogP contribution in [0.4, 0.5) is 0 Å². The molecule has 1 aromatic heterocycles. The van der Waals surface area contributed by atoms with E-state index in [9.17, 15) is 14.3 Å². The second-order valence-electron chi connectivity index (χ2n) is 5.42. The summed E-state index contributed by atoms with van der Waals surface area (Å²) in [6.07, 6.45) is 4.42. The Morgan fingerprint density at radius 2 is 2.27 bits per heavy atom. The van der Waals surface area contributed by atoms with Crippen molar-refractivity contribution in [1.82, 2.24) is 15.4 Å². The highest BCUT2D eigenvalue weighted by molar-refractivity contribution is 7.99. The number of carboxylic acids is 1. The number of allylic oxidation sites excluding steroid dienone is 1. The number of rotatable bonds is 10. The lowest BCUT2D eigenvalue weighted by Gasteiger charge is -2.14. The molecule has 1 heterocycles. The summed E-state index contributed by atoms with van der Waals surface area (Å²) in [5.41, 5.74) is 0.0259. The highest BCUT2D eigenvalue weighted by Crippen LogP contribution is 2.44. The maximum atomic E-state index is 12.0. The maximum absolute atomic E-state index is 12.0. The van der Waals surface area contributed by atoms with Crippen molar-refractivity contribution in [3.63, 3.8) is 0 Å². The molecule has 1 aromatic rings. The van der Waals surface area contributed by atoms with E-state index in [0.717, 1.165) is 17.2 Å². The number of thioether (sulfide) groups is 1. The van der Waals surface area contributed by atoms with Crippen molar-refractivity contribution in [3.8, 4) is 0 Å². The van der Waals surface area contributed by atoms with Crippen molar-refractivity contribution in [2.75, 3.05) is 18.1 Å². The van der Waals surface area contributed by atoms with Crippen LogP contribution >= 0.6 is 19.1 Å². The van der Waals surface area contributed by atoms with Crippen molar-refractivity contribution >= 4 is 25.1 Å². The van der Waals surface area contributed by atoms with Gasteiger partial charge in [0.2, 0.25) is 7.37 Å². The fraction of sp³-hybridized carbons (Fsp3) is 0.615. The first kappa shape index (κ1) is 18.9. The zero-order valence-electron chi connectivity index (χ0n) is 12.7. The van der Waals surface area contributed by atoms with E-state index in [4.69, 9.17) is 5.11 Å². The molecule has 1 rings (SSSR count). The Bertz CT molecular complexity index is 545. The number of carboxylic acid groups (broad SMARTS) is 1. The first-order valence-corrected chi connectivity index (χ1v) is 10.0. The van der Waals surface area contributed by atoms with Crippen LogP contribution in [0, 0.1) is 5.92 Å². The minimum atomic E-state index is -3.43. The number of carbonyl (C=O) groups is 1. The average Bonchev–Trinajstić information content (AvgIpc) is 2.88. The van der Waals surface area contributed by atoms with Crippen LogP contribution in [0.5, 0.6) is 0 Å². The van der Waals surface area contributed by atoms with Gasteiger partial charge in [0.1, 0.15) is 5.03 Å². The van der Waals surface area contributed by atoms with Crippen molar-refractivity contribution in [3.05, 3.63) is 17.8 Å². The number of nitrogens with zero attached hydrogens (tertiary/aromatic N) is 2.